The Hall–Kier alpha value is -2.64. The molecule has 0 radical (unpaired) electrons. The topological polar surface area (TPSA) is 71.1 Å². The minimum atomic E-state index is -0.543. The van der Waals surface area contributed by atoms with E-state index in [0.29, 0.717) is 47.2 Å². The van der Waals surface area contributed by atoms with E-state index in [1.165, 1.54) is 5.57 Å². The van der Waals surface area contributed by atoms with E-state index < -0.39 is 5.63 Å². The second-order valence-corrected chi connectivity index (χ2v) is 11.6. The molecule has 0 bridgehead atoms. The average molecular weight is 474 g/mol. The van der Waals surface area contributed by atoms with E-state index >= 15 is 0 Å². The van der Waals surface area contributed by atoms with Gasteiger partial charge in [-0.1, -0.05) is 37.1 Å². The zero-order valence-electron chi connectivity index (χ0n) is 19.6. The van der Waals surface area contributed by atoms with Crippen LogP contribution in [0.1, 0.15) is 69.1 Å². The number of carbonyl (C=O) groups is 1. The molecule has 0 saturated heterocycles. The summed E-state index contributed by atoms with van der Waals surface area (Å²) in [6, 6.07) is 9.57. The molecule has 1 aromatic carbocycles. The van der Waals surface area contributed by atoms with Gasteiger partial charge in [0, 0.05) is 29.0 Å². The van der Waals surface area contributed by atoms with Gasteiger partial charge in [0.25, 0.3) is 0 Å². The van der Waals surface area contributed by atoms with Crippen LogP contribution in [0.15, 0.2) is 45.1 Å². The Morgan fingerprint density at radius 2 is 1.85 bits per heavy atom. The predicted octanol–water partition coefficient (Wildman–Crippen LogP) is 6.38. The van der Waals surface area contributed by atoms with E-state index in [2.05, 4.69) is 26.0 Å². The fourth-order valence-electron chi connectivity index (χ4n) is 8.04. The fourth-order valence-corrected chi connectivity index (χ4v) is 8.16. The number of rotatable bonds is 1. The Bertz CT molecular complexity index is 1350. The molecule has 0 amide bonds. The van der Waals surface area contributed by atoms with Gasteiger partial charge in [-0.3, -0.25) is 4.79 Å². The molecule has 2 saturated carbocycles. The van der Waals surface area contributed by atoms with Crippen molar-refractivity contribution in [2.75, 3.05) is 0 Å². The lowest BCUT2D eigenvalue weighted by Gasteiger charge is -2.56. The van der Waals surface area contributed by atoms with E-state index in [9.17, 15) is 14.9 Å². The number of halogens is 1. The van der Waals surface area contributed by atoms with E-state index in [4.69, 9.17) is 16.0 Å². The molecule has 2 fully saturated rings. The van der Waals surface area contributed by atoms with Crippen molar-refractivity contribution in [2.45, 2.75) is 64.2 Å². The summed E-state index contributed by atoms with van der Waals surface area (Å²) in [6.07, 6.45) is 8.35. The molecule has 4 nitrogen and oxygen atoms in total. The van der Waals surface area contributed by atoms with Crippen molar-refractivity contribution in [2.24, 2.45) is 23.2 Å². The van der Waals surface area contributed by atoms with Crippen molar-refractivity contribution in [1.29, 1.82) is 5.26 Å². The molecule has 2 aromatic rings. The maximum Gasteiger partial charge on any atom is 0.354 e. The van der Waals surface area contributed by atoms with Crippen LogP contribution in [0.4, 0.5) is 0 Å². The largest absolute Gasteiger partial charge is 0.421 e. The molecule has 0 N–H and O–H groups in total. The molecular formula is C29H28ClNO3. The first kappa shape index (κ1) is 21.9. The number of ketones is 1. The van der Waals surface area contributed by atoms with Crippen LogP contribution in [0.25, 0.3) is 11.3 Å². The normalized spacial score (nSPS) is 33.8. The smallest absolute Gasteiger partial charge is 0.354 e. The highest BCUT2D eigenvalue weighted by Gasteiger charge is 2.58. The van der Waals surface area contributed by atoms with Gasteiger partial charge in [-0.15, -0.1) is 0 Å². The van der Waals surface area contributed by atoms with Crippen LogP contribution in [0.2, 0.25) is 5.02 Å². The predicted molar refractivity (Wildman–Crippen MR) is 131 cm³/mol. The molecule has 5 heteroatoms. The van der Waals surface area contributed by atoms with Gasteiger partial charge in [0.2, 0.25) is 0 Å². The van der Waals surface area contributed by atoms with Crippen LogP contribution in [0, 0.1) is 34.5 Å². The molecule has 34 heavy (non-hydrogen) atoms. The van der Waals surface area contributed by atoms with Crippen molar-refractivity contribution >= 4 is 17.4 Å². The number of fused-ring (bicyclic) bond motifs is 7. The number of carbonyl (C=O) groups excluding carboxylic acids is 1. The van der Waals surface area contributed by atoms with Gasteiger partial charge >= 0.3 is 5.63 Å². The van der Waals surface area contributed by atoms with E-state index in [1.807, 2.05) is 12.1 Å². The van der Waals surface area contributed by atoms with Gasteiger partial charge in [-0.2, -0.15) is 5.26 Å². The maximum absolute atomic E-state index is 13.0. The molecule has 4 aliphatic rings. The lowest BCUT2D eigenvalue weighted by atomic mass is 9.47. The first-order valence-electron chi connectivity index (χ1n) is 12.3. The molecule has 174 valence electrons. The summed E-state index contributed by atoms with van der Waals surface area (Å²) in [6.45, 7) is 4.63. The monoisotopic (exact) mass is 473 g/mol. The van der Waals surface area contributed by atoms with Crippen molar-refractivity contribution in [3.05, 3.63) is 68.0 Å². The number of benzene rings is 1. The molecule has 4 aliphatic carbocycles. The van der Waals surface area contributed by atoms with Crippen LogP contribution in [-0.2, 0) is 16.6 Å². The number of hydrogen-bond acceptors (Lipinski definition) is 4. The van der Waals surface area contributed by atoms with Gasteiger partial charge in [0.05, 0.1) is 0 Å². The zero-order valence-corrected chi connectivity index (χ0v) is 20.4. The molecule has 1 heterocycles. The summed E-state index contributed by atoms with van der Waals surface area (Å²) in [4.78, 5) is 25.2. The summed E-state index contributed by atoms with van der Waals surface area (Å²) in [5.41, 5.74) is 3.59. The average Bonchev–Trinajstić information content (AvgIpc) is 3.13. The second kappa shape index (κ2) is 7.43. The van der Waals surface area contributed by atoms with Gasteiger partial charge < -0.3 is 4.42 Å². The van der Waals surface area contributed by atoms with Gasteiger partial charge in [0.15, 0.2) is 0 Å². The number of nitrogens with zero attached hydrogens (tertiary/aromatic N) is 1. The van der Waals surface area contributed by atoms with Crippen LogP contribution >= 0.6 is 11.6 Å². The third kappa shape index (κ3) is 2.89. The minimum absolute atomic E-state index is 0.0814. The third-order valence-electron chi connectivity index (χ3n) is 9.76. The summed E-state index contributed by atoms with van der Waals surface area (Å²) in [7, 11) is 0. The molecule has 6 rings (SSSR count). The molecule has 0 aliphatic heterocycles. The van der Waals surface area contributed by atoms with Gasteiger partial charge in [-0.25, -0.2) is 4.79 Å². The van der Waals surface area contributed by atoms with E-state index in [-0.39, 0.29) is 16.4 Å². The summed E-state index contributed by atoms with van der Waals surface area (Å²) in [5.74, 6) is 2.29. The van der Waals surface area contributed by atoms with Gasteiger partial charge in [0.1, 0.15) is 23.2 Å². The summed E-state index contributed by atoms with van der Waals surface area (Å²) in [5, 5.41) is 10.6. The summed E-state index contributed by atoms with van der Waals surface area (Å²) >= 11 is 6.11. The first-order chi connectivity index (χ1) is 16.3. The number of allylic oxidation sites excluding steroid dienone is 2. The maximum atomic E-state index is 13.0. The van der Waals surface area contributed by atoms with Crippen LogP contribution < -0.4 is 5.63 Å². The quantitative estimate of drug-likeness (QED) is 0.450. The van der Waals surface area contributed by atoms with Crippen LogP contribution in [0.5, 0.6) is 0 Å². The highest BCUT2D eigenvalue weighted by atomic mass is 35.5. The Kier molecular flexibility index (Phi) is 4.78. The molecule has 5 atom stereocenters. The SMILES string of the molecule is C[C@]12CCC(=O)CC1=CC[C@@H]1[C@@H]2CC[C@]2(C)c3c(c(-c4ccc(Cl)cc4)oc(=O)c3C#N)C[C@@H]12. The molecular weight excluding hydrogens is 446 g/mol. The molecule has 0 spiro atoms. The van der Waals surface area contributed by atoms with E-state index in [0.717, 1.165) is 48.8 Å². The Morgan fingerprint density at radius 3 is 2.59 bits per heavy atom. The lowest BCUT2D eigenvalue weighted by molar-refractivity contribution is -0.121. The Labute approximate surface area is 204 Å². The van der Waals surface area contributed by atoms with Crippen LogP contribution in [0.3, 0.4) is 0 Å². The highest BCUT2D eigenvalue weighted by Crippen LogP contribution is 2.64. The summed E-state index contributed by atoms with van der Waals surface area (Å²) < 4.78 is 5.80. The Morgan fingerprint density at radius 1 is 1.09 bits per heavy atom. The van der Waals surface area contributed by atoms with Crippen molar-refractivity contribution in [3.8, 4) is 17.4 Å². The number of hydrogen-bond donors (Lipinski definition) is 0. The second-order valence-electron chi connectivity index (χ2n) is 11.2. The minimum Gasteiger partial charge on any atom is -0.421 e. The molecule has 1 aromatic heterocycles. The fraction of sp³-hybridized carbons (Fsp3) is 0.483. The highest BCUT2D eigenvalue weighted by molar-refractivity contribution is 6.30. The number of Topliss-reactive ketones (excluding diaryl/α,β-unsaturated/α-hetero) is 1. The van der Waals surface area contributed by atoms with Crippen molar-refractivity contribution in [3.63, 3.8) is 0 Å². The van der Waals surface area contributed by atoms with Crippen LogP contribution in [-0.4, -0.2) is 5.78 Å². The Balaban J connectivity index is 1.49. The number of nitriles is 1. The van der Waals surface area contributed by atoms with Gasteiger partial charge in [-0.05, 0) is 90.5 Å². The van der Waals surface area contributed by atoms with E-state index in [1.54, 1.807) is 12.1 Å². The third-order valence-corrected chi connectivity index (χ3v) is 10.0. The zero-order chi connectivity index (χ0) is 23.8. The van der Waals surface area contributed by atoms with Crippen molar-refractivity contribution in [1.82, 2.24) is 0 Å². The standard InChI is InChI=1S/C29H28ClNO3/c1-28-11-9-19(32)13-17(28)5-8-20-23(28)10-12-29(2)24(20)14-21-25(29)22(15-31)27(33)34-26(21)16-3-6-18(30)7-4-16/h3-7,20,23-24H,8-14H2,1-2H3/t20-,23+,24+,28+,29+/m1/s1. The van der Waals surface area contributed by atoms with Crippen molar-refractivity contribution < 1.29 is 9.21 Å². The lowest BCUT2D eigenvalue weighted by Crippen LogP contribution is -2.50. The first-order valence-corrected chi connectivity index (χ1v) is 12.7. The molecule has 0 unspecified atom stereocenters.